The molecule has 21 heavy (non-hydrogen) atoms. The smallest absolute Gasteiger partial charge is 0.243 e. The molecule has 2 N–H and O–H groups in total. The molecule has 0 bridgehead atoms. The van der Waals surface area contributed by atoms with Gasteiger partial charge in [0, 0.05) is 29.8 Å². The summed E-state index contributed by atoms with van der Waals surface area (Å²) in [5.41, 5.74) is 1.57. The van der Waals surface area contributed by atoms with E-state index >= 15 is 0 Å². The molecule has 1 heterocycles. The van der Waals surface area contributed by atoms with Gasteiger partial charge in [-0.3, -0.25) is 9.59 Å². The number of ether oxygens (including phenoxy) is 1. The summed E-state index contributed by atoms with van der Waals surface area (Å²) >= 11 is 5.99. The largest absolute Gasteiger partial charge is 0.381 e. The molecule has 0 atom stereocenters. The number of hydrogen-bond donors (Lipinski definition) is 2. The summed E-state index contributed by atoms with van der Waals surface area (Å²) in [6.07, 6.45) is 1.42. The molecule has 1 aromatic carbocycles. The van der Waals surface area contributed by atoms with Crippen molar-refractivity contribution in [3.05, 3.63) is 28.8 Å². The van der Waals surface area contributed by atoms with Gasteiger partial charge in [0.05, 0.1) is 6.54 Å². The molecule has 0 saturated carbocycles. The van der Waals surface area contributed by atoms with Crippen LogP contribution in [0.1, 0.15) is 18.4 Å². The minimum absolute atomic E-state index is 0.0400. The highest BCUT2D eigenvalue weighted by Crippen LogP contribution is 2.19. The number of carbonyl (C=O) groups excluding carboxylic acids is 2. The zero-order valence-electron chi connectivity index (χ0n) is 11.9. The van der Waals surface area contributed by atoms with Crippen molar-refractivity contribution in [1.29, 1.82) is 0 Å². The average molecular weight is 311 g/mol. The average Bonchev–Trinajstić information content (AvgIpc) is 2.49. The first-order chi connectivity index (χ1) is 10.1. The molecule has 5 nitrogen and oxygen atoms in total. The Morgan fingerprint density at radius 2 is 2.05 bits per heavy atom. The van der Waals surface area contributed by atoms with Crippen LogP contribution in [0.4, 0.5) is 5.69 Å². The van der Waals surface area contributed by atoms with Gasteiger partial charge >= 0.3 is 0 Å². The van der Waals surface area contributed by atoms with Gasteiger partial charge in [-0.25, -0.2) is 0 Å². The maximum atomic E-state index is 11.9. The predicted octanol–water partition coefficient (Wildman–Crippen LogP) is 2.13. The number of hydrogen-bond acceptors (Lipinski definition) is 3. The molecule has 1 fully saturated rings. The van der Waals surface area contributed by atoms with E-state index in [9.17, 15) is 9.59 Å². The van der Waals surface area contributed by atoms with Gasteiger partial charge < -0.3 is 15.4 Å². The van der Waals surface area contributed by atoms with Crippen LogP contribution in [0.5, 0.6) is 0 Å². The van der Waals surface area contributed by atoms with Crippen molar-refractivity contribution in [3.63, 3.8) is 0 Å². The van der Waals surface area contributed by atoms with E-state index in [2.05, 4.69) is 10.6 Å². The van der Waals surface area contributed by atoms with Crippen molar-refractivity contribution >= 4 is 29.1 Å². The number of anilines is 1. The number of benzene rings is 1. The van der Waals surface area contributed by atoms with E-state index in [-0.39, 0.29) is 24.3 Å². The molecule has 1 aromatic rings. The maximum absolute atomic E-state index is 11.9. The van der Waals surface area contributed by atoms with Crippen LogP contribution < -0.4 is 10.6 Å². The highest BCUT2D eigenvalue weighted by molar-refractivity contribution is 6.31. The van der Waals surface area contributed by atoms with Crippen LogP contribution in [0.3, 0.4) is 0 Å². The van der Waals surface area contributed by atoms with Crippen molar-refractivity contribution < 1.29 is 14.3 Å². The zero-order valence-corrected chi connectivity index (χ0v) is 12.7. The first-order valence-electron chi connectivity index (χ1n) is 6.97. The van der Waals surface area contributed by atoms with Crippen LogP contribution >= 0.6 is 11.6 Å². The first kappa shape index (κ1) is 15.8. The molecule has 0 radical (unpaired) electrons. The van der Waals surface area contributed by atoms with Gasteiger partial charge in [0.25, 0.3) is 0 Å². The molecule has 1 aliphatic rings. The Kier molecular flexibility index (Phi) is 5.59. The summed E-state index contributed by atoms with van der Waals surface area (Å²) in [5.74, 6) is -0.411. The second kappa shape index (κ2) is 7.43. The normalized spacial score (nSPS) is 15.5. The van der Waals surface area contributed by atoms with E-state index in [0.717, 1.165) is 5.56 Å². The van der Waals surface area contributed by atoms with Crippen LogP contribution in [0.25, 0.3) is 0 Å². The summed E-state index contributed by atoms with van der Waals surface area (Å²) in [4.78, 5) is 23.7. The van der Waals surface area contributed by atoms with Gasteiger partial charge in [-0.05, 0) is 37.5 Å². The molecule has 114 valence electrons. The fourth-order valence-electron chi connectivity index (χ4n) is 2.15. The van der Waals surface area contributed by atoms with Crippen LogP contribution in [-0.4, -0.2) is 31.6 Å². The first-order valence-corrected chi connectivity index (χ1v) is 7.35. The lowest BCUT2D eigenvalue weighted by Gasteiger charge is -2.21. The highest BCUT2D eigenvalue weighted by atomic mass is 35.5. The Labute approximate surface area is 129 Å². The Balaban J connectivity index is 1.78. The van der Waals surface area contributed by atoms with E-state index < -0.39 is 0 Å². The molecule has 0 aromatic heterocycles. The molecule has 1 aliphatic heterocycles. The Morgan fingerprint density at radius 1 is 1.33 bits per heavy atom. The lowest BCUT2D eigenvalue weighted by molar-refractivity contribution is -0.129. The monoisotopic (exact) mass is 310 g/mol. The summed E-state index contributed by atoms with van der Waals surface area (Å²) in [7, 11) is 0. The third kappa shape index (κ3) is 4.72. The lowest BCUT2D eigenvalue weighted by Crippen LogP contribution is -2.38. The molecule has 0 spiro atoms. The number of rotatable bonds is 4. The molecular formula is C15H19ClN2O3. The second-order valence-electron chi connectivity index (χ2n) is 5.12. The standard InChI is InChI=1S/C15H19ClN2O3/c1-10-2-3-12(8-13(10)16)18-14(19)9-17-15(20)11-4-6-21-7-5-11/h2-3,8,11H,4-7,9H2,1H3,(H,17,20)(H,18,19). The van der Waals surface area contributed by atoms with Gasteiger partial charge in [-0.2, -0.15) is 0 Å². The summed E-state index contributed by atoms with van der Waals surface area (Å²) < 4.78 is 5.20. The van der Waals surface area contributed by atoms with Crippen molar-refractivity contribution in [2.75, 3.05) is 25.1 Å². The highest BCUT2D eigenvalue weighted by Gasteiger charge is 2.21. The predicted molar refractivity (Wildman–Crippen MR) is 81.4 cm³/mol. The Morgan fingerprint density at radius 3 is 2.71 bits per heavy atom. The van der Waals surface area contributed by atoms with Crippen LogP contribution in [0.2, 0.25) is 5.02 Å². The van der Waals surface area contributed by atoms with Gasteiger partial charge in [0.1, 0.15) is 0 Å². The molecule has 0 aliphatic carbocycles. The molecule has 6 heteroatoms. The SMILES string of the molecule is Cc1ccc(NC(=O)CNC(=O)C2CCOCC2)cc1Cl. The fraction of sp³-hybridized carbons (Fsp3) is 0.467. The molecule has 1 saturated heterocycles. The Bertz CT molecular complexity index is 528. The van der Waals surface area contributed by atoms with E-state index in [1.165, 1.54) is 0 Å². The topological polar surface area (TPSA) is 67.4 Å². The second-order valence-corrected chi connectivity index (χ2v) is 5.52. The third-order valence-electron chi connectivity index (χ3n) is 3.47. The van der Waals surface area contributed by atoms with Gasteiger partial charge in [0.15, 0.2) is 0 Å². The number of amides is 2. The molecule has 0 unspecified atom stereocenters. The quantitative estimate of drug-likeness (QED) is 0.895. The van der Waals surface area contributed by atoms with E-state index in [1.807, 2.05) is 13.0 Å². The molecule has 2 amide bonds. The van der Waals surface area contributed by atoms with Crippen LogP contribution in [-0.2, 0) is 14.3 Å². The zero-order chi connectivity index (χ0) is 15.2. The van der Waals surface area contributed by atoms with E-state index in [1.54, 1.807) is 12.1 Å². The van der Waals surface area contributed by atoms with Gasteiger partial charge in [0.2, 0.25) is 11.8 Å². The van der Waals surface area contributed by atoms with Gasteiger partial charge in [-0.15, -0.1) is 0 Å². The van der Waals surface area contributed by atoms with Crippen molar-refractivity contribution in [3.8, 4) is 0 Å². The summed E-state index contributed by atoms with van der Waals surface area (Å²) in [6.45, 7) is 3.06. The van der Waals surface area contributed by atoms with Crippen molar-refractivity contribution in [1.82, 2.24) is 5.32 Å². The fourth-order valence-corrected chi connectivity index (χ4v) is 2.33. The molecule has 2 rings (SSSR count). The number of aryl methyl sites for hydroxylation is 1. The minimum Gasteiger partial charge on any atom is -0.381 e. The lowest BCUT2D eigenvalue weighted by atomic mass is 9.99. The third-order valence-corrected chi connectivity index (χ3v) is 3.88. The number of halogens is 1. The minimum atomic E-state index is -0.268. The van der Waals surface area contributed by atoms with E-state index in [0.29, 0.717) is 36.8 Å². The van der Waals surface area contributed by atoms with Gasteiger partial charge in [-0.1, -0.05) is 17.7 Å². The summed E-state index contributed by atoms with van der Waals surface area (Å²) in [5, 5.41) is 5.96. The number of nitrogens with one attached hydrogen (secondary N) is 2. The van der Waals surface area contributed by atoms with E-state index in [4.69, 9.17) is 16.3 Å². The molecular weight excluding hydrogens is 292 g/mol. The number of carbonyl (C=O) groups is 2. The maximum Gasteiger partial charge on any atom is 0.243 e. The van der Waals surface area contributed by atoms with Crippen LogP contribution in [0.15, 0.2) is 18.2 Å². The van der Waals surface area contributed by atoms with Crippen LogP contribution in [0, 0.1) is 12.8 Å². The van der Waals surface area contributed by atoms with Crippen molar-refractivity contribution in [2.45, 2.75) is 19.8 Å². The van der Waals surface area contributed by atoms with Crippen molar-refractivity contribution in [2.24, 2.45) is 5.92 Å². The summed E-state index contributed by atoms with van der Waals surface area (Å²) in [6, 6.07) is 5.30. The Hall–Kier alpha value is -1.59.